The molecule has 152 valence electrons. The molecule has 0 bridgehead atoms. The van der Waals surface area contributed by atoms with E-state index in [0.29, 0.717) is 11.0 Å². The second kappa shape index (κ2) is 7.81. The largest absolute Gasteiger partial charge is 0.338 e. The van der Waals surface area contributed by atoms with Crippen LogP contribution in [0.4, 0.5) is 0 Å². The second-order valence-electron chi connectivity index (χ2n) is 7.96. The summed E-state index contributed by atoms with van der Waals surface area (Å²) < 4.78 is 3.08. The van der Waals surface area contributed by atoms with Crippen molar-refractivity contribution in [2.75, 3.05) is 6.54 Å². The van der Waals surface area contributed by atoms with Gasteiger partial charge in [-0.05, 0) is 62.8 Å². The Morgan fingerprint density at radius 1 is 1.17 bits per heavy atom. The number of rotatable bonds is 4. The van der Waals surface area contributed by atoms with Crippen LogP contribution in [0.15, 0.2) is 35.5 Å². The lowest BCUT2D eigenvalue weighted by atomic mass is 10.00. The van der Waals surface area contributed by atoms with E-state index in [9.17, 15) is 9.59 Å². The molecular weight excluding hydrogens is 366 g/mol. The molecule has 0 saturated carbocycles. The highest BCUT2D eigenvalue weighted by Crippen LogP contribution is 2.20. The zero-order valence-corrected chi connectivity index (χ0v) is 17.3. The van der Waals surface area contributed by atoms with Gasteiger partial charge >= 0.3 is 0 Å². The van der Waals surface area contributed by atoms with Crippen LogP contribution in [0.2, 0.25) is 0 Å². The number of hydrogen-bond donors (Lipinski definition) is 0. The van der Waals surface area contributed by atoms with Crippen LogP contribution in [0.25, 0.3) is 16.7 Å². The third kappa shape index (κ3) is 3.69. The fraction of sp³-hybridized carbons (Fsp3) is 0.455. The number of fused-ring (bicyclic) bond motifs is 1. The second-order valence-corrected chi connectivity index (χ2v) is 7.96. The van der Waals surface area contributed by atoms with Gasteiger partial charge in [-0.25, -0.2) is 9.67 Å². The van der Waals surface area contributed by atoms with Gasteiger partial charge < -0.3 is 4.90 Å². The normalized spacial score (nSPS) is 17.1. The Hall–Kier alpha value is -2.96. The average Bonchev–Trinajstić information content (AvgIpc) is 3.14. The quantitative estimate of drug-likeness (QED) is 0.683. The average molecular weight is 393 g/mol. The van der Waals surface area contributed by atoms with Crippen molar-refractivity contribution in [1.29, 1.82) is 0 Å². The fourth-order valence-electron chi connectivity index (χ4n) is 4.31. The SMILES string of the molecule is CCC1CCCCN1C(=O)Cn1cnc2c(cnn2-c2cc(C)cc(C)c2)c1=O. The van der Waals surface area contributed by atoms with E-state index in [1.807, 2.05) is 30.9 Å². The van der Waals surface area contributed by atoms with Crippen LogP contribution in [0.1, 0.15) is 43.7 Å². The van der Waals surface area contributed by atoms with Crippen molar-refractivity contribution in [3.63, 3.8) is 0 Å². The van der Waals surface area contributed by atoms with Crippen LogP contribution < -0.4 is 5.56 Å². The molecule has 1 amide bonds. The minimum absolute atomic E-state index is 0.0125. The van der Waals surface area contributed by atoms with Gasteiger partial charge in [0.2, 0.25) is 5.91 Å². The first-order valence-electron chi connectivity index (χ1n) is 10.3. The summed E-state index contributed by atoms with van der Waals surface area (Å²) in [6.07, 6.45) is 7.18. The van der Waals surface area contributed by atoms with Crippen LogP contribution in [-0.4, -0.2) is 42.7 Å². The number of aryl methyl sites for hydroxylation is 2. The molecule has 1 aliphatic rings. The summed E-state index contributed by atoms with van der Waals surface area (Å²) in [5.74, 6) is -0.0125. The number of nitrogens with zero attached hydrogens (tertiary/aromatic N) is 5. The lowest BCUT2D eigenvalue weighted by Gasteiger charge is -2.35. The highest BCUT2D eigenvalue weighted by molar-refractivity contribution is 5.78. The monoisotopic (exact) mass is 393 g/mol. The van der Waals surface area contributed by atoms with Crippen molar-refractivity contribution in [3.05, 3.63) is 52.2 Å². The lowest BCUT2D eigenvalue weighted by Crippen LogP contribution is -2.45. The Morgan fingerprint density at radius 2 is 1.93 bits per heavy atom. The molecule has 29 heavy (non-hydrogen) atoms. The molecule has 1 fully saturated rings. The Kier molecular flexibility index (Phi) is 5.22. The third-order valence-corrected chi connectivity index (χ3v) is 5.73. The molecule has 3 aromatic rings. The van der Waals surface area contributed by atoms with Crippen molar-refractivity contribution >= 4 is 16.9 Å². The molecule has 1 unspecified atom stereocenters. The van der Waals surface area contributed by atoms with E-state index in [4.69, 9.17) is 0 Å². The number of benzene rings is 1. The van der Waals surface area contributed by atoms with E-state index >= 15 is 0 Å². The first kappa shape index (κ1) is 19.4. The molecule has 0 spiro atoms. The number of carbonyl (C=O) groups is 1. The Morgan fingerprint density at radius 3 is 2.66 bits per heavy atom. The minimum Gasteiger partial charge on any atom is -0.338 e. The van der Waals surface area contributed by atoms with Crippen LogP contribution >= 0.6 is 0 Å². The van der Waals surface area contributed by atoms with Gasteiger partial charge in [0.1, 0.15) is 18.3 Å². The van der Waals surface area contributed by atoms with Crippen molar-refractivity contribution < 1.29 is 4.79 Å². The van der Waals surface area contributed by atoms with Gasteiger partial charge in [0.05, 0.1) is 11.9 Å². The number of amides is 1. The number of carbonyl (C=O) groups excluding carboxylic acids is 1. The molecule has 7 heteroatoms. The predicted octanol–water partition coefficient (Wildman–Crippen LogP) is 2.99. The molecule has 1 atom stereocenters. The summed E-state index contributed by atoms with van der Waals surface area (Å²) in [6, 6.07) is 6.39. The third-order valence-electron chi connectivity index (χ3n) is 5.73. The molecule has 0 radical (unpaired) electrons. The van der Waals surface area contributed by atoms with Crippen molar-refractivity contribution in [2.24, 2.45) is 0 Å². The molecule has 7 nitrogen and oxygen atoms in total. The lowest BCUT2D eigenvalue weighted by molar-refractivity contribution is -0.135. The zero-order valence-electron chi connectivity index (χ0n) is 17.3. The van der Waals surface area contributed by atoms with Crippen LogP contribution in [0.5, 0.6) is 0 Å². The highest BCUT2D eigenvalue weighted by Gasteiger charge is 2.25. The topological polar surface area (TPSA) is 73.0 Å². The van der Waals surface area contributed by atoms with Crippen LogP contribution in [0.3, 0.4) is 0 Å². The fourth-order valence-corrected chi connectivity index (χ4v) is 4.31. The van der Waals surface area contributed by atoms with E-state index < -0.39 is 0 Å². The summed E-state index contributed by atoms with van der Waals surface area (Å²) in [6.45, 7) is 6.95. The van der Waals surface area contributed by atoms with Gasteiger partial charge in [-0.15, -0.1) is 0 Å². The number of aromatic nitrogens is 4. The van der Waals surface area contributed by atoms with E-state index in [1.165, 1.54) is 10.9 Å². The van der Waals surface area contributed by atoms with E-state index in [2.05, 4.69) is 23.1 Å². The van der Waals surface area contributed by atoms with E-state index in [-0.39, 0.29) is 24.1 Å². The standard InChI is InChI=1S/C22H27N5O2/c1-4-17-7-5-6-8-26(17)20(28)13-25-14-23-21-19(22(25)29)12-24-27(21)18-10-15(2)9-16(3)11-18/h9-12,14,17H,4-8,13H2,1-3H3. The summed E-state index contributed by atoms with van der Waals surface area (Å²) in [4.78, 5) is 32.2. The van der Waals surface area contributed by atoms with Gasteiger partial charge in [-0.2, -0.15) is 5.10 Å². The first-order chi connectivity index (χ1) is 14.0. The van der Waals surface area contributed by atoms with E-state index in [1.54, 1.807) is 10.9 Å². The summed E-state index contributed by atoms with van der Waals surface area (Å²) >= 11 is 0. The molecule has 2 aromatic heterocycles. The zero-order chi connectivity index (χ0) is 20.5. The van der Waals surface area contributed by atoms with Crippen molar-refractivity contribution in [3.8, 4) is 5.69 Å². The Balaban J connectivity index is 1.65. The van der Waals surface area contributed by atoms with Crippen molar-refractivity contribution in [2.45, 2.75) is 59.0 Å². The molecule has 1 saturated heterocycles. The molecule has 1 aromatic carbocycles. The molecule has 4 rings (SSSR count). The first-order valence-corrected chi connectivity index (χ1v) is 10.3. The Bertz CT molecular complexity index is 1090. The van der Waals surface area contributed by atoms with Gasteiger partial charge in [-0.3, -0.25) is 14.2 Å². The van der Waals surface area contributed by atoms with Gasteiger partial charge in [0.15, 0.2) is 5.65 Å². The smallest absolute Gasteiger partial charge is 0.264 e. The Labute approximate surface area is 170 Å². The molecule has 0 N–H and O–H groups in total. The van der Waals surface area contributed by atoms with Gasteiger partial charge in [0, 0.05) is 12.6 Å². The van der Waals surface area contributed by atoms with E-state index in [0.717, 1.165) is 49.0 Å². The summed E-state index contributed by atoms with van der Waals surface area (Å²) in [7, 11) is 0. The maximum absolute atomic E-state index is 13.0. The number of hydrogen-bond acceptors (Lipinski definition) is 4. The van der Waals surface area contributed by atoms with Gasteiger partial charge in [0.25, 0.3) is 5.56 Å². The summed E-state index contributed by atoms with van der Waals surface area (Å²) in [5, 5.41) is 4.81. The summed E-state index contributed by atoms with van der Waals surface area (Å²) in [5.41, 5.74) is 3.39. The minimum atomic E-state index is -0.232. The molecule has 0 aliphatic carbocycles. The van der Waals surface area contributed by atoms with Gasteiger partial charge in [-0.1, -0.05) is 13.0 Å². The molecule has 1 aliphatic heterocycles. The number of likely N-dealkylation sites (tertiary alicyclic amines) is 1. The van der Waals surface area contributed by atoms with Crippen LogP contribution in [-0.2, 0) is 11.3 Å². The predicted molar refractivity (Wildman–Crippen MR) is 112 cm³/mol. The highest BCUT2D eigenvalue weighted by atomic mass is 16.2. The van der Waals surface area contributed by atoms with Crippen molar-refractivity contribution in [1.82, 2.24) is 24.2 Å². The molecular formula is C22H27N5O2. The molecule has 3 heterocycles. The maximum Gasteiger partial charge on any atom is 0.264 e. The van der Waals surface area contributed by atoms with Crippen LogP contribution in [0, 0.1) is 13.8 Å². The number of piperidine rings is 1. The maximum atomic E-state index is 13.0.